The number of hydrogen-bond acceptors (Lipinski definition) is 3. The van der Waals surface area contributed by atoms with E-state index < -0.39 is 0 Å². The lowest BCUT2D eigenvalue weighted by Crippen LogP contribution is -2.27. The maximum atomic E-state index is 8.75. The second-order valence-corrected chi connectivity index (χ2v) is 4.75. The van der Waals surface area contributed by atoms with Gasteiger partial charge in [-0.15, -0.1) is 0 Å². The molecule has 4 heteroatoms. The number of hydrogen-bond donors (Lipinski definition) is 1. The van der Waals surface area contributed by atoms with Gasteiger partial charge >= 0.3 is 0 Å². The molecule has 0 heterocycles. The summed E-state index contributed by atoms with van der Waals surface area (Å²) < 4.78 is 5.89. The smallest absolute Gasteiger partial charge is 0.138 e. The van der Waals surface area contributed by atoms with E-state index >= 15 is 0 Å². The van der Waals surface area contributed by atoms with Gasteiger partial charge in [0.1, 0.15) is 11.9 Å². The number of nitrogens with two attached hydrogens (primary N) is 1. The van der Waals surface area contributed by atoms with Crippen molar-refractivity contribution in [3.8, 4) is 11.8 Å². The molecule has 90 valence electrons. The number of benzene rings is 1. The van der Waals surface area contributed by atoms with Crippen LogP contribution in [-0.4, -0.2) is 12.6 Å². The van der Waals surface area contributed by atoms with Crippen LogP contribution in [-0.2, 0) is 0 Å². The molecule has 1 aliphatic carbocycles. The monoisotopic (exact) mass is 250 g/mol. The summed E-state index contributed by atoms with van der Waals surface area (Å²) in [5.74, 6) is 1.07. The summed E-state index contributed by atoms with van der Waals surface area (Å²) in [5.41, 5.74) is 6.25. The first-order valence-corrected chi connectivity index (χ1v) is 6.18. The molecule has 1 saturated carbocycles. The third-order valence-corrected chi connectivity index (χ3v) is 3.53. The van der Waals surface area contributed by atoms with Gasteiger partial charge in [-0.3, -0.25) is 0 Å². The van der Waals surface area contributed by atoms with Crippen LogP contribution in [0.1, 0.15) is 24.8 Å². The fourth-order valence-corrected chi connectivity index (χ4v) is 2.48. The van der Waals surface area contributed by atoms with E-state index in [1.54, 1.807) is 18.2 Å². The molecule has 0 bridgehead atoms. The average Bonchev–Trinajstić information content (AvgIpc) is 2.79. The Kier molecular flexibility index (Phi) is 3.88. The highest BCUT2D eigenvalue weighted by Crippen LogP contribution is 2.32. The molecule has 0 radical (unpaired) electrons. The van der Waals surface area contributed by atoms with Crippen molar-refractivity contribution in [2.75, 3.05) is 6.54 Å². The molecule has 1 aliphatic rings. The highest BCUT2D eigenvalue weighted by molar-refractivity contribution is 6.32. The van der Waals surface area contributed by atoms with Gasteiger partial charge in [0, 0.05) is 5.92 Å². The fourth-order valence-electron chi connectivity index (χ4n) is 2.26. The van der Waals surface area contributed by atoms with Crippen molar-refractivity contribution in [2.45, 2.75) is 25.4 Å². The third-order valence-electron chi connectivity index (χ3n) is 3.23. The Hall–Kier alpha value is -1.24. The van der Waals surface area contributed by atoms with Crippen LogP contribution in [0.2, 0.25) is 5.02 Å². The number of ether oxygens (including phenoxy) is 1. The van der Waals surface area contributed by atoms with E-state index in [0.717, 1.165) is 19.3 Å². The van der Waals surface area contributed by atoms with Gasteiger partial charge in [0.05, 0.1) is 16.7 Å². The predicted molar refractivity (Wildman–Crippen MR) is 67.0 cm³/mol. The minimum Gasteiger partial charge on any atom is -0.489 e. The zero-order valence-corrected chi connectivity index (χ0v) is 10.3. The molecular weight excluding hydrogens is 236 g/mol. The van der Waals surface area contributed by atoms with Crippen LogP contribution in [0.15, 0.2) is 18.2 Å². The van der Waals surface area contributed by atoms with Gasteiger partial charge in [0.2, 0.25) is 0 Å². The van der Waals surface area contributed by atoms with E-state index in [0.29, 0.717) is 28.8 Å². The van der Waals surface area contributed by atoms with Gasteiger partial charge in [0.15, 0.2) is 0 Å². The molecule has 0 spiro atoms. The van der Waals surface area contributed by atoms with E-state index in [1.165, 1.54) is 0 Å². The molecule has 1 fully saturated rings. The molecule has 2 unspecified atom stereocenters. The lowest BCUT2D eigenvalue weighted by Gasteiger charge is -2.20. The van der Waals surface area contributed by atoms with Crippen LogP contribution >= 0.6 is 11.6 Å². The Morgan fingerprint density at radius 2 is 2.29 bits per heavy atom. The summed E-state index contributed by atoms with van der Waals surface area (Å²) in [6.07, 6.45) is 3.46. The maximum absolute atomic E-state index is 8.75. The summed E-state index contributed by atoms with van der Waals surface area (Å²) in [7, 11) is 0. The van der Waals surface area contributed by atoms with Crippen molar-refractivity contribution in [3.63, 3.8) is 0 Å². The minimum atomic E-state index is 0.158. The highest BCUT2D eigenvalue weighted by Gasteiger charge is 2.28. The molecule has 2 atom stereocenters. The predicted octanol–water partition coefficient (Wildman–Crippen LogP) is 2.72. The van der Waals surface area contributed by atoms with Crippen molar-refractivity contribution < 1.29 is 4.74 Å². The molecule has 1 aromatic rings. The van der Waals surface area contributed by atoms with Gasteiger partial charge < -0.3 is 10.5 Å². The summed E-state index contributed by atoms with van der Waals surface area (Å²) in [6, 6.07) is 7.15. The van der Waals surface area contributed by atoms with Crippen molar-refractivity contribution >= 4 is 11.6 Å². The van der Waals surface area contributed by atoms with Crippen LogP contribution in [0.3, 0.4) is 0 Å². The number of nitrogens with zero attached hydrogens (tertiary/aromatic N) is 1. The molecule has 2 rings (SSSR count). The van der Waals surface area contributed by atoms with E-state index in [9.17, 15) is 0 Å². The van der Waals surface area contributed by atoms with Crippen molar-refractivity contribution in [2.24, 2.45) is 11.7 Å². The lowest BCUT2D eigenvalue weighted by molar-refractivity contribution is 0.162. The van der Waals surface area contributed by atoms with Crippen LogP contribution in [0.25, 0.3) is 0 Å². The second kappa shape index (κ2) is 5.39. The molecular formula is C13H15ClN2O. The van der Waals surface area contributed by atoms with Gasteiger partial charge in [-0.25, -0.2) is 0 Å². The minimum absolute atomic E-state index is 0.158. The van der Waals surface area contributed by atoms with Gasteiger partial charge in [0.25, 0.3) is 0 Å². The SMILES string of the molecule is N#Cc1ccc(OC2CCCC2CN)c(Cl)c1. The number of rotatable bonds is 3. The van der Waals surface area contributed by atoms with E-state index in [2.05, 4.69) is 0 Å². The van der Waals surface area contributed by atoms with Gasteiger partial charge in [-0.2, -0.15) is 5.26 Å². The average molecular weight is 251 g/mol. The van der Waals surface area contributed by atoms with Crippen LogP contribution in [0.5, 0.6) is 5.75 Å². The highest BCUT2D eigenvalue weighted by atomic mass is 35.5. The summed E-state index contributed by atoms with van der Waals surface area (Å²) in [4.78, 5) is 0. The first-order valence-electron chi connectivity index (χ1n) is 5.81. The van der Waals surface area contributed by atoms with Crippen LogP contribution < -0.4 is 10.5 Å². The molecule has 0 amide bonds. The first kappa shape index (κ1) is 12.2. The van der Waals surface area contributed by atoms with Crippen molar-refractivity contribution in [3.05, 3.63) is 28.8 Å². The topological polar surface area (TPSA) is 59.0 Å². The van der Waals surface area contributed by atoms with Crippen LogP contribution in [0, 0.1) is 17.2 Å². The Balaban J connectivity index is 2.11. The van der Waals surface area contributed by atoms with Gasteiger partial charge in [-0.1, -0.05) is 11.6 Å². The number of halogens is 1. The molecule has 2 N–H and O–H groups in total. The summed E-state index contributed by atoms with van der Waals surface area (Å²) in [5, 5.41) is 9.24. The van der Waals surface area contributed by atoms with E-state index in [1.807, 2.05) is 6.07 Å². The van der Waals surface area contributed by atoms with E-state index in [4.69, 9.17) is 27.3 Å². The molecule has 17 heavy (non-hydrogen) atoms. The lowest BCUT2D eigenvalue weighted by atomic mass is 10.1. The fraction of sp³-hybridized carbons (Fsp3) is 0.462. The number of nitriles is 1. The normalized spacial score (nSPS) is 23.4. The summed E-state index contributed by atoms with van der Waals surface area (Å²) >= 11 is 6.07. The molecule has 3 nitrogen and oxygen atoms in total. The Labute approximate surface area is 106 Å². The molecule has 0 saturated heterocycles. The molecule has 0 aliphatic heterocycles. The quantitative estimate of drug-likeness (QED) is 0.897. The Bertz CT molecular complexity index is 442. The molecule has 0 aromatic heterocycles. The largest absolute Gasteiger partial charge is 0.489 e. The third kappa shape index (κ3) is 2.71. The Morgan fingerprint density at radius 1 is 1.47 bits per heavy atom. The van der Waals surface area contributed by atoms with Crippen molar-refractivity contribution in [1.82, 2.24) is 0 Å². The zero-order chi connectivity index (χ0) is 12.3. The van der Waals surface area contributed by atoms with Crippen LogP contribution in [0.4, 0.5) is 0 Å². The first-order chi connectivity index (χ1) is 8.24. The Morgan fingerprint density at radius 3 is 2.94 bits per heavy atom. The molecule has 1 aromatic carbocycles. The second-order valence-electron chi connectivity index (χ2n) is 4.34. The van der Waals surface area contributed by atoms with Crippen molar-refractivity contribution in [1.29, 1.82) is 5.26 Å². The maximum Gasteiger partial charge on any atom is 0.138 e. The van der Waals surface area contributed by atoms with E-state index in [-0.39, 0.29) is 6.10 Å². The standard InChI is InChI=1S/C13H15ClN2O/c14-11-6-9(7-15)4-5-13(11)17-12-3-1-2-10(12)8-16/h4-6,10,12H,1-3,8,16H2. The summed E-state index contributed by atoms with van der Waals surface area (Å²) in [6.45, 7) is 0.651. The zero-order valence-electron chi connectivity index (χ0n) is 9.53. The van der Waals surface area contributed by atoms with Gasteiger partial charge in [-0.05, 0) is 44.0 Å².